The van der Waals surface area contributed by atoms with Crippen LogP contribution in [0.15, 0.2) is 5.38 Å². The van der Waals surface area contributed by atoms with Gasteiger partial charge in [0.2, 0.25) is 0 Å². The van der Waals surface area contributed by atoms with Crippen molar-refractivity contribution in [2.24, 2.45) is 5.92 Å². The second-order valence-corrected chi connectivity index (χ2v) is 4.86. The van der Waals surface area contributed by atoms with Crippen LogP contribution in [0.5, 0.6) is 0 Å². The first-order chi connectivity index (χ1) is 7.81. The second kappa shape index (κ2) is 7.74. The monoisotopic (exact) mass is 241 g/mol. The Morgan fingerprint density at radius 2 is 2.06 bits per heavy atom. The number of nitrogens with one attached hydrogen (secondary N) is 1. The Hall–Kier alpha value is -0.480. The van der Waals surface area contributed by atoms with Gasteiger partial charge in [0.05, 0.1) is 11.7 Å². The summed E-state index contributed by atoms with van der Waals surface area (Å²) in [4.78, 5) is 0. The molecule has 0 saturated carbocycles. The zero-order valence-corrected chi connectivity index (χ0v) is 11.4. The van der Waals surface area contributed by atoms with Crippen molar-refractivity contribution in [2.75, 3.05) is 6.54 Å². The molecule has 3 nitrogen and oxygen atoms in total. The highest BCUT2D eigenvalue weighted by Gasteiger charge is 2.17. The quantitative estimate of drug-likeness (QED) is 0.758. The van der Waals surface area contributed by atoms with Gasteiger partial charge in [-0.2, -0.15) is 0 Å². The van der Waals surface area contributed by atoms with Crippen LogP contribution in [0, 0.1) is 5.92 Å². The van der Waals surface area contributed by atoms with E-state index in [1.54, 1.807) is 0 Å². The summed E-state index contributed by atoms with van der Waals surface area (Å²) in [7, 11) is 0. The minimum absolute atomic E-state index is 0.392. The van der Waals surface area contributed by atoms with Crippen LogP contribution in [0.3, 0.4) is 0 Å². The second-order valence-electron chi connectivity index (χ2n) is 4.25. The predicted octanol–water partition coefficient (Wildman–Crippen LogP) is 3.41. The Morgan fingerprint density at radius 1 is 1.31 bits per heavy atom. The molecule has 0 aliphatic heterocycles. The van der Waals surface area contributed by atoms with E-state index in [1.807, 2.05) is 0 Å². The molecule has 0 radical (unpaired) electrons. The third-order valence-corrected chi connectivity index (χ3v) is 3.62. The first-order valence-electron chi connectivity index (χ1n) is 6.32. The van der Waals surface area contributed by atoms with Crippen molar-refractivity contribution < 1.29 is 0 Å². The molecule has 1 heterocycles. The van der Waals surface area contributed by atoms with Crippen LogP contribution < -0.4 is 5.32 Å². The van der Waals surface area contributed by atoms with Gasteiger partial charge in [-0.1, -0.05) is 38.1 Å². The van der Waals surface area contributed by atoms with Gasteiger partial charge in [0.25, 0.3) is 0 Å². The van der Waals surface area contributed by atoms with Gasteiger partial charge in [0.1, 0.15) is 0 Å². The topological polar surface area (TPSA) is 37.8 Å². The van der Waals surface area contributed by atoms with Crippen LogP contribution in [0.2, 0.25) is 0 Å². The van der Waals surface area contributed by atoms with E-state index >= 15 is 0 Å². The van der Waals surface area contributed by atoms with Crippen molar-refractivity contribution in [3.05, 3.63) is 11.1 Å². The van der Waals surface area contributed by atoms with Crippen LogP contribution in [0.1, 0.15) is 58.2 Å². The van der Waals surface area contributed by atoms with E-state index in [0.717, 1.165) is 24.6 Å². The lowest BCUT2D eigenvalue weighted by Crippen LogP contribution is -2.24. The summed E-state index contributed by atoms with van der Waals surface area (Å²) in [5.74, 6) is 0.788. The highest BCUT2D eigenvalue weighted by molar-refractivity contribution is 7.03. The maximum absolute atomic E-state index is 4.20. The molecule has 92 valence electrons. The Balaban J connectivity index is 2.56. The van der Waals surface area contributed by atoms with Crippen LogP contribution in [-0.4, -0.2) is 16.1 Å². The Bertz CT molecular complexity index is 257. The van der Waals surface area contributed by atoms with Crippen molar-refractivity contribution in [3.63, 3.8) is 0 Å². The van der Waals surface area contributed by atoms with Crippen LogP contribution in [-0.2, 0) is 0 Å². The number of hydrogen-bond acceptors (Lipinski definition) is 4. The van der Waals surface area contributed by atoms with Crippen LogP contribution in [0.4, 0.5) is 0 Å². The lowest BCUT2D eigenvalue weighted by Gasteiger charge is -2.21. The van der Waals surface area contributed by atoms with Gasteiger partial charge in [-0.3, -0.25) is 0 Å². The lowest BCUT2D eigenvalue weighted by atomic mass is 9.93. The maximum Gasteiger partial charge on any atom is 0.0924 e. The van der Waals surface area contributed by atoms with E-state index in [-0.39, 0.29) is 0 Å². The molecule has 1 atom stereocenters. The molecular weight excluding hydrogens is 218 g/mol. The molecule has 0 fully saturated rings. The molecule has 4 heteroatoms. The Kier molecular flexibility index (Phi) is 6.57. The van der Waals surface area contributed by atoms with Gasteiger partial charge >= 0.3 is 0 Å². The van der Waals surface area contributed by atoms with Gasteiger partial charge in [-0.05, 0) is 36.8 Å². The summed E-state index contributed by atoms with van der Waals surface area (Å²) in [6.45, 7) is 7.79. The van der Waals surface area contributed by atoms with E-state index in [9.17, 15) is 0 Å². The Labute approximate surface area is 103 Å². The van der Waals surface area contributed by atoms with Crippen molar-refractivity contribution in [1.82, 2.24) is 14.9 Å². The largest absolute Gasteiger partial charge is 0.309 e. The summed E-state index contributed by atoms with van der Waals surface area (Å²) in [6.07, 6.45) is 4.84. The maximum atomic E-state index is 4.20. The third kappa shape index (κ3) is 4.18. The van der Waals surface area contributed by atoms with Crippen molar-refractivity contribution >= 4 is 11.5 Å². The molecular formula is C12H23N3S. The average Bonchev–Trinajstić information content (AvgIpc) is 2.83. The van der Waals surface area contributed by atoms with Crippen molar-refractivity contribution in [1.29, 1.82) is 0 Å². The lowest BCUT2D eigenvalue weighted by molar-refractivity contribution is 0.366. The fourth-order valence-corrected chi connectivity index (χ4v) is 2.41. The minimum atomic E-state index is 0.392. The van der Waals surface area contributed by atoms with Crippen molar-refractivity contribution in [2.45, 2.75) is 52.5 Å². The molecule has 0 amide bonds. The van der Waals surface area contributed by atoms with E-state index in [0.29, 0.717) is 6.04 Å². The molecule has 1 unspecified atom stereocenters. The molecule has 1 aromatic rings. The molecule has 0 aliphatic carbocycles. The van der Waals surface area contributed by atoms with E-state index in [1.165, 1.54) is 30.8 Å². The fourth-order valence-electron chi connectivity index (χ4n) is 1.91. The van der Waals surface area contributed by atoms with E-state index in [4.69, 9.17) is 0 Å². The molecule has 0 aromatic carbocycles. The standard InChI is InChI=1S/C12H23N3S/c1-4-7-13-11(8-10(5-2)6-3)12-9-16-15-14-12/h9-11,13H,4-8H2,1-3H3. The van der Waals surface area contributed by atoms with E-state index in [2.05, 4.69) is 41.1 Å². The molecule has 16 heavy (non-hydrogen) atoms. The normalized spacial score (nSPS) is 13.2. The van der Waals surface area contributed by atoms with Gasteiger partial charge < -0.3 is 5.32 Å². The average molecular weight is 241 g/mol. The molecule has 1 N–H and O–H groups in total. The zero-order chi connectivity index (χ0) is 11.8. The van der Waals surface area contributed by atoms with Gasteiger partial charge in [0.15, 0.2) is 0 Å². The number of nitrogens with zero attached hydrogens (tertiary/aromatic N) is 2. The molecule has 1 rings (SSSR count). The summed E-state index contributed by atoms with van der Waals surface area (Å²) in [5, 5.41) is 9.84. The Morgan fingerprint density at radius 3 is 2.56 bits per heavy atom. The summed E-state index contributed by atoms with van der Waals surface area (Å²) < 4.78 is 3.96. The highest BCUT2D eigenvalue weighted by atomic mass is 32.1. The summed E-state index contributed by atoms with van der Waals surface area (Å²) >= 11 is 1.44. The van der Waals surface area contributed by atoms with Crippen LogP contribution >= 0.6 is 11.5 Å². The molecule has 0 aliphatic rings. The van der Waals surface area contributed by atoms with Gasteiger partial charge in [0, 0.05) is 5.38 Å². The summed E-state index contributed by atoms with van der Waals surface area (Å²) in [5.41, 5.74) is 1.12. The predicted molar refractivity (Wildman–Crippen MR) is 69.6 cm³/mol. The highest BCUT2D eigenvalue weighted by Crippen LogP contribution is 2.24. The SMILES string of the molecule is CCCNC(CC(CC)CC)c1csnn1. The summed E-state index contributed by atoms with van der Waals surface area (Å²) in [6, 6.07) is 0.392. The zero-order valence-electron chi connectivity index (χ0n) is 10.6. The minimum Gasteiger partial charge on any atom is -0.309 e. The smallest absolute Gasteiger partial charge is 0.0924 e. The number of hydrogen-bond donors (Lipinski definition) is 1. The molecule has 1 aromatic heterocycles. The first kappa shape index (κ1) is 13.6. The van der Waals surface area contributed by atoms with E-state index < -0.39 is 0 Å². The third-order valence-electron chi connectivity index (χ3n) is 3.10. The molecule has 0 saturated heterocycles. The van der Waals surface area contributed by atoms with Crippen molar-refractivity contribution in [3.8, 4) is 0 Å². The van der Waals surface area contributed by atoms with Gasteiger partial charge in [-0.25, -0.2) is 0 Å². The first-order valence-corrected chi connectivity index (χ1v) is 7.15. The molecule has 0 bridgehead atoms. The fraction of sp³-hybridized carbons (Fsp3) is 0.833. The van der Waals surface area contributed by atoms with Crippen LogP contribution in [0.25, 0.3) is 0 Å². The number of rotatable bonds is 8. The number of aromatic nitrogens is 2. The van der Waals surface area contributed by atoms with Gasteiger partial charge in [-0.15, -0.1) is 5.10 Å². The molecule has 0 spiro atoms.